The molecule has 4 heteroatoms. The minimum absolute atomic E-state index is 0.134. The molecule has 4 aromatic carbocycles. The Bertz CT molecular complexity index is 2370. The Hall–Kier alpha value is -4.02. The van der Waals surface area contributed by atoms with E-state index >= 15 is 0 Å². The number of benzene rings is 4. The third-order valence-corrected chi connectivity index (χ3v) is 14.8. The number of hydrogen-bond donors (Lipinski definition) is 0. The van der Waals surface area contributed by atoms with E-state index in [0.29, 0.717) is 23.7 Å². The van der Waals surface area contributed by atoms with E-state index in [1.807, 2.05) is 0 Å². The molecule has 5 aromatic rings. The number of hydrogen-bond acceptors (Lipinski definition) is 3. The molecular weight excluding hydrogens is 671 g/mol. The van der Waals surface area contributed by atoms with Crippen LogP contribution in [0.5, 0.6) is 0 Å². The highest BCUT2D eigenvalue weighted by molar-refractivity contribution is 7.33. The lowest BCUT2D eigenvalue weighted by molar-refractivity contribution is 0.332. The molecule has 9 rings (SSSR count). The average molecular weight is 729 g/mol. The summed E-state index contributed by atoms with van der Waals surface area (Å²) in [6.45, 7) is 26.3. The van der Waals surface area contributed by atoms with Gasteiger partial charge in [0.1, 0.15) is 0 Å². The van der Waals surface area contributed by atoms with Crippen LogP contribution in [-0.2, 0) is 10.8 Å². The third kappa shape index (κ3) is 5.33. The molecule has 1 aromatic heterocycles. The van der Waals surface area contributed by atoms with Crippen LogP contribution in [-0.4, -0.2) is 12.8 Å². The fraction of sp³-hybridized carbons (Fsp3) is 0.400. The SMILES string of the molecule is CC(C)C1=CC(C)C(N2c3ccc(C(C)C)cc3B3c4sc5cc6c(cc5c4N(c4ccc(C(C)C)cc4)c4cccc2c43)C(C)(C)CCC6(C)C)C=C1. The van der Waals surface area contributed by atoms with E-state index in [2.05, 4.69) is 188 Å². The van der Waals surface area contributed by atoms with E-state index in [1.165, 1.54) is 89.3 Å². The summed E-state index contributed by atoms with van der Waals surface area (Å²) in [4.78, 5) is 5.35. The van der Waals surface area contributed by atoms with E-state index in [0.717, 1.165) is 0 Å². The monoisotopic (exact) mass is 728 g/mol. The average Bonchev–Trinajstić information content (AvgIpc) is 3.51. The van der Waals surface area contributed by atoms with E-state index in [9.17, 15) is 0 Å². The number of rotatable bonds is 5. The van der Waals surface area contributed by atoms with Crippen molar-refractivity contribution in [2.45, 2.75) is 118 Å². The van der Waals surface area contributed by atoms with Crippen LogP contribution in [0.1, 0.15) is 123 Å². The summed E-state index contributed by atoms with van der Waals surface area (Å²) < 4.78 is 2.90. The van der Waals surface area contributed by atoms with Crippen LogP contribution >= 0.6 is 11.3 Å². The molecule has 0 N–H and O–H groups in total. The summed E-state index contributed by atoms with van der Waals surface area (Å²) in [5, 5.41) is 1.41. The van der Waals surface area contributed by atoms with Gasteiger partial charge in [0.2, 0.25) is 0 Å². The van der Waals surface area contributed by atoms with E-state index < -0.39 is 0 Å². The summed E-state index contributed by atoms with van der Waals surface area (Å²) in [5.41, 5.74) is 17.1. The first-order chi connectivity index (χ1) is 25.7. The molecule has 3 heterocycles. The lowest BCUT2D eigenvalue weighted by atomic mass is 9.36. The minimum Gasteiger partial charge on any atom is -0.335 e. The highest BCUT2D eigenvalue weighted by atomic mass is 32.1. The van der Waals surface area contributed by atoms with Gasteiger partial charge in [-0.3, -0.25) is 0 Å². The molecule has 0 radical (unpaired) electrons. The lowest BCUT2D eigenvalue weighted by Crippen LogP contribution is -2.62. The Kier molecular flexibility index (Phi) is 8.26. The molecule has 0 saturated carbocycles. The Morgan fingerprint density at radius 2 is 1.37 bits per heavy atom. The number of anilines is 5. The van der Waals surface area contributed by atoms with Crippen molar-refractivity contribution in [1.29, 1.82) is 0 Å². The third-order valence-electron chi connectivity index (χ3n) is 13.5. The van der Waals surface area contributed by atoms with Crippen LogP contribution in [0.25, 0.3) is 10.1 Å². The summed E-state index contributed by atoms with van der Waals surface area (Å²) >= 11 is 2.05. The fourth-order valence-corrected chi connectivity index (χ4v) is 11.4. The van der Waals surface area contributed by atoms with Crippen LogP contribution < -0.4 is 25.5 Å². The Morgan fingerprint density at radius 3 is 2.02 bits per heavy atom. The van der Waals surface area contributed by atoms with Crippen molar-refractivity contribution in [2.24, 2.45) is 11.8 Å². The first-order valence-electron chi connectivity index (χ1n) is 20.6. The van der Waals surface area contributed by atoms with Gasteiger partial charge in [0.15, 0.2) is 0 Å². The zero-order valence-corrected chi connectivity index (χ0v) is 35.2. The summed E-state index contributed by atoms with van der Waals surface area (Å²) in [6.07, 6.45) is 9.85. The molecule has 2 aliphatic heterocycles. The van der Waals surface area contributed by atoms with E-state index in [4.69, 9.17) is 0 Å². The molecule has 2 atom stereocenters. The van der Waals surface area contributed by atoms with Crippen molar-refractivity contribution >= 4 is 72.3 Å². The van der Waals surface area contributed by atoms with Gasteiger partial charge < -0.3 is 9.80 Å². The van der Waals surface area contributed by atoms with Gasteiger partial charge in [-0.05, 0) is 129 Å². The van der Waals surface area contributed by atoms with Crippen molar-refractivity contribution in [3.8, 4) is 0 Å². The maximum atomic E-state index is 2.70. The van der Waals surface area contributed by atoms with Crippen LogP contribution in [0, 0.1) is 11.8 Å². The second-order valence-electron chi connectivity index (χ2n) is 19.1. The predicted octanol–water partition coefficient (Wildman–Crippen LogP) is 12.4. The molecule has 2 nitrogen and oxygen atoms in total. The van der Waals surface area contributed by atoms with Gasteiger partial charge in [-0.15, -0.1) is 11.3 Å². The van der Waals surface area contributed by atoms with Crippen LogP contribution in [0.15, 0.2) is 96.6 Å². The Labute approximate surface area is 329 Å². The molecular formula is C50H57BN2S. The number of nitrogens with zero attached hydrogens (tertiary/aromatic N) is 2. The van der Waals surface area contributed by atoms with Gasteiger partial charge in [-0.2, -0.15) is 0 Å². The van der Waals surface area contributed by atoms with Gasteiger partial charge in [0.25, 0.3) is 6.71 Å². The van der Waals surface area contributed by atoms with Crippen molar-refractivity contribution in [1.82, 2.24) is 0 Å². The second-order valence-corrected chi connectivity index (χ2v) is 20.2. The first kappa shape index (κ1) is 35.7. The molecule has 0 bridgehead atoms. The molecule has 0 saturated heterocycles. The van der Waals surface area contributed by atoms with E-state index in [-0.39, 0.29) is 23.6 Å². The molecule has 0 amide bonds. The largest absolute Gasteiger partial charge is 0.335 e. The Balaban J connectivity index is 1.36. The second kappa shape index (κ2) is 12.5. The predicted molar refractivity (Wildman–Crippen MR) is 238 cm³/mol. The van der Waals surface area contributed by atoms with Crippen molar-refractivity contribution in [3.05, 3.63) is 119 Å². The first-order valence-corrected chi connectivity index (χ1v) is 21.5. The van der Waals surface area contributed by atoms with Crippen molar-refractivity contribution in [3.63, 3.8) is 0 Å². The smallest absolute Gasteiger partial charge is 0.264 e. The Morgan fingerprint density at radius 1 is 0.722 bits per heavy atom. The highest BCUT2D eigenvalue weighted by Crippen LogP contribution is 2.52. The maximum Gasteiger partial charge on any atom is 0.264 e. The molecule has 54 heavy (non-hydrogen) atoms. The zero-order valence-electron chi connectivity index (χ0n) is 34.3. The quantitative estimate of drug-likeness (QED) is 0.163. The normalized spacial score (nSPS) is 20.7. The number of allylic oxidation sites excluding steroid dienone is 2. The topological polar surface area (TPSA) is 6.48 Å². The maximum absolute atomic E-state index is 2.70. The summed E-state index contributed by atoms with van der Waals surface area (Å²) in [5.74, 6) is 1.83. The van der Waals surface area contributed by atoms with Crippen LogP contribution in [0.2, 0.25) is 0 Å². The zero-order chi connectivity index (χ0) is 38.0. The molecule has 276 valence electrons. The van der Waals surface area contributed by atoms with Gasteiger partial charge in [-0.25, -0.2) is 0 Å². The molecule has 0 spiro atoms. The number of fused-ring (bicyclic) bond motifs is 7. The highest BCUT2D eigenvalue weighted by Gasteiger charge is 2.47. The van der Waals surface area contributed by atoms with E-state index in [1.54, 1.807) is 5.56 Å². The molecule has 2 unspecified atom stereocenters. The van der Waals surface area contributed by atoms with Gasteiger partial charge in [-0.1, -0.05) is 125 Å². The van der Waals surface area contributed by atoms with Gasteiger partial charge >= 0.3 is 0 Å². The van der Waals surface area contributed by atoms with Gasteiger partial charge in [0.05, 0.1) is 11.7 Å². The van der Waals surface area contributed by atoms with Gasteiger partial charge in [0, 0.05) is 37.6 Å². The van der Waals surface area contributed by atoms with Crippen LogP contribution in [0.4, 0.5) is 28.4 Å². The van der Waals surface area contributed by atoms with Crippen molar-refractivity contribution in [2.75, 3.05) is 9.80 Å². The van der Waals surface area contributed by atoms with Crippen molar-refractivity contribution < 1.29 is 0 Å². The standard InChI is InChI=1S/C50H57BN2S/c1-29(2)33-15-19-36(20-16-33)52-43-13-12-14-44-46(43)51(48-47(52)37-27-38-39(28-45(37)54-48)50(10,11)24-23-49(38,8)9)40-26-35(31(5)6)18-22-42(40)53(44)41-21-17-34(30(3)4)25-32(41)7/h12-22,25-32,41H,23-24H2,1-11H3. The molecule has 0 fully saturated rings. The fourth-order valence-electron chi connectivity index (χ4n) is 10.0. The molecule has 2 aliphatic carbocycles. The summed E-state index contributed by atoms with van der Waals surface area (Å²) in [7, 11) is 0. The van der Waals surface area contributed by atoms with Crippen LogP contribution in [0.3, 0.4) is 0 Å². The lowest BCUT2D eigenvalue weighted by Gasteiger charge is -2.46. The summed E-state index contributed by atoms with van der Waals surface area (Å²) in [6, 6.07) is 29.5. The minimum atomic E-state index is 0.134. The molecule has 4 aliphatic rings. The number of thiophene rings is 1.